The zero-order valence-electron chi connectivity index (χ0n) is 14.3. The van der Waals surface area contributed by atoms with Crippen LogP contribution >= 0.6 is 0 Å². The van der Waals surface area contributed by atoms with E-state index in [-0.39, 0.29) is 17.5 Å². The molecule has 0 saturated heterocycles. The molecular formula is C18H19N3O5. The van der Waals surface area contributed by atoms with Gasteiger partial charge in [0.05, 0.1) is 6.61 Å². The molecule has 1 aromatic carbocycles. The van der Waals surface area contributed by atoms with Crippen molar-refractivity contribution in [3.8, 4) is 11.5 Å². The molecule has 0 unspecified atom stereocenters. The molecule has 0 atom stereocenters. The Kier molecular flexibility index (Phi) is 5.65. The van der Waals surface area contributed by atoms with E-state index in [1.54, 1.807) is 31.4 Å². The minimum absolute atomic E-state index is 0.163. The predicted molar refractivity (Wildman–Crippen MR) is 93.8 cm³/mol. The number of aromatic nitrogens is 1. The van der Waals surface area contributed by atoms with Crippen molar-refractivity contribution in [2.24, 2.45) is 0 Å². The van der Waals surface area contributed by atoms with Crippen molar-refractivity contribution >= 4 is 17.5 Å². The molecule has 136 valence electrons. The smallest absolute Gasteiger partial charge is 0.269 e. The first-order chi connectivity index (χ1) is 12.7. The van der Waals surface area contributed by atoms with Crippen molar-refractivity contribution in [2.75, 3.05) is 38.8 Å². The molecule has 8 heteroatoms. The monoisotopic (exact) mass is 357 g/mol. The predicted octanol–water partition coefficient (Wildman–Crippen LogP) is 1.48. The van der Waals surface area contributed by atoms with E-state index in [4.69, 9.17) is 14.2 Å². The lowest BCUT2D eigenvalue weighted by atomic mass is 10.2. The van der Waals surface area contributed by atoms with Gasteiger partial charge in [0, 0.05) is 37.2 Å². The topological polar surface area (TPSA) is 98.8 Å². The summed E-state index contributed by atoms with van der Waals surface area (Å²) >= 11 is 0. The lowest BCUT2D eigenvalue weighted by Gasteiger charge is -2.19. The first kappa shape index (κ1) is 17.7. The van der Waals surface area contributed by atoms with E-state index in [1.165, 1.54) is 12.3 Å². The van der Waals surface area contributed by atoms with Crippen LogP contribution in [0.25, 0.3) is 0 Å². The fourth-order valence-corrected chi connectivity index (χ4v) is 2.38. The average molecular weight is 357 g/mol. The summed E-state index contributed by atoms with van der Waals surface area (Å²) in [5.41, 5.74) is 1.06. The summed E-state index contributed by atoms with van der Waals surface area (Å²) in [5.74, 6) is 0.515. The highest BCUT2D eigenvalue weighted by atomic mass is 16.6. The number of anilines is 1. The first-order valence-electron chi connectivity index (χ1n) is 8.11. The maximum Gasteiger partial charge on any atom is 0.269 e. The molecular weight excluding hydrogens is 338 g/mol. The number of pyridine rings is 1. The Bertz CT molecular complexity index is 809. The summed E-state index contributed by atoms with van der Waals surface area (Å²) in [6, 6.07) is 8.15. The van der Waals surface area contributed by atoms with Gasteiger partial charge in [0.1, 0.15) is 18.9 Å². The summed E-state index contributed by atoms with van der Waals surface area (Å²) < 4.78 is 15.8. The van der Waals surface area contributed by atoms with Crippen molar-refractivity contribution in [1.82, 2.24) is 10.3 Å². The zero-order valence-corrected chi connectivity index (χ0v) is 14.3. The molecule has 0 aliphatic carbocycles. The van der Waals surface area contributed by atoms with Gasteiger partial charge in [-0.15, -0.1) is 0 Å². The highest BCUT2D eigenvalue weighted by molar-refractivity contribution is 6.05. The number of amides is 2. The standard InChI is InChI=1S/C18H19N3O5/c1-24-7-6-20-18(23)14-10-12(4-5-19-14)17(22)21-13-2-3-15-16(11-13)26-9-8-25-15/h2-5,10-11H,6-9H2,1H3,(H,20,23)(H,21,22). The van der Waals surface area contributed by atoms with Gasteiger partial charge in [-0.2, -0.15) is 0 Å². The van der Waals surface area contributed by atoms with E-state index in [9.17, 15) is 9.59 Å². The molecule has 2 aromatic rings. The minimum Gasteiger partial charge on any atom is -0.486 e. The Balaban J connectivity index is 1.68. The molecule has 0 fully saturated rings. The van der Waals surface area contributed by atoms with Gasteiger partial charge in [-0.3, -0.25) is 14.6 Å². The van der Waals surface area contributed by atoms with Crippen molar-refractivity contribution in [3.05, 3.63) is 47.8 Å². The van der Waals surface area contributed by atoms with Crippen LogP contribution < -0.4 is 20.1 Å². The third kappa shape index (κ3) is 4.28. The van der Waals surface area contributed by atoms with Gasteiger partial charge in [-0.1, -0.05) is 0 Å². The van der Waals surface area contributed by atoms with Crippen LogP contribution in [-0.2, 0) is 4.74 Å². The molecule has 0 bridgehead atoms. The molecule has 2 N–H and O–H groups in total. The third-order valence-electron chi connectivity index (χ3n) is 3.65. The molecule has 1 aliphatic heterocycles. The Morgan fingerprint density at radius 2 is 1.92 bits per heavy atom. The highest BCUT2D eigenvalue weighted by Crippen LogP contribution is 2.32. The van der Waals surface area contributed by atoms with Gasteiger partial charge < -0.3 is 24.8 Å². The van der Waals surface area contributed by atoms with Gasteiger partial charge in [-0.25, -0.2) is 0 Å². The van der Waals surface area contributed by atoms with Crippen LogP contribution in [0.1, 0.15) is 20.8 Å². The largest absolute Gasteiger partial charge is 0.486 e. The number of rotatable bonds is 6. The zero-order chi connectivity index (χ0) is 18.4. The number of hydrogen-bond donors (Lipinski definition) is 2. The number of ether oxygens (including phenoxy) is 3. The van der Waals surface area contributed by atoms with E-state index in [2.05, 4.69) is 15.6 Å². The second-order valence-electron chi connectivity index (χ2n) is 5.49. The normalized spacial score (nSPS) is 12.3. The van der Waals surface area contributed by atoms with Crippen LogP contribution in [0, 0.1) is 0 Å². The van der Waals surface area contributed by atoms with E-state index >= 15 is 0 Å². The maximum absolute atomic E-state index is 12.5. The van der Waals surface area contributed by atoms with Gasteiger partial charge in [0.25, 0.3) is 11.8 Å². The van der Waals surface area contributed by atoms with Gasteiger partial charge in [0.2, 0.25) is 0 Å². The molecule has 0 saturated carbocycles. The van der Waals surface area contributed by atoms with Crippen LogP contribution in [0.15, 0.2) is 36.5 Å². The summed E-state index contributed by atoms with van der Waals surface area (Å²) in [6.45, 7) is 1.74. The quantitative estimate of drug-likeness (QED) is 0.760. The molecule has 2 heterocycles. The number of benzene rings is 1. The first-order valence-corrected chi connectivity index (χ1v) is 8.11. The van der Waals surface area contributed by atoms with Gasteiger partial charge >= 0.3 is 0 Å². The summed E-state index contributed by atoms with van der Waals surface area (Å²) in [5, 5.41) is 5.43. The van der Waals surface area contributed by atoms with Crippen LogP contribution in [0.5, 0.6) is 11.5 Å². The third-order valence-corrected chi connectivity index (χ3v) is 3.65. The van der Waals surface area contributed by atoms with Gasteiger partial charge in [0.15, 0.2) is 11.5 Å². The number of hydrogen-bond acceptors (Lipinski definition) is 6. The van der Waals surface area contributed by atoms with Crippen LogP contribution in [0.2, 0.25) is 0 Å². The fraction of sp³-hybridized carbons (Fsp3) is 0.278. The highest BCUT2D eigenvalue weighted by Gasteiger charge is 2.15. The lowest BCUT2D eigenvalue weighted by molar-refractivity contribution is 0.0932. The lowest BCUT2D eigenvalue weighted by Crippen LogP contribution is -2.28. The number of fused-ring (bicyclic) bond motifs is 1. The molecule has 2 amide bonds. The Labute approximate surface area is 150 Å². The van der Waals surface area contributed by atoms with Crippen LogP contribution in [-0.4, -0.2) is 50.3 Å². The number of carbonyl (C=O) groups excluding carboxylic acids is 2. The molecule has 8 nitrogen and oxygen atoms in total. The second kappa shape index (κ2) is 8.30. The van der Waals surface area contributed by atoms with Crippen LogP contribution in [0.4, 0.5) is 5.69 Å². The number of nitrogens with one attached hydrogen (secondary N) is 2. The summed E-state index contributed by atoms with van der Waals surface area (Å²) in [6.07, 6.45) is 1.42. The number of carbonyl (C=O) groups is 2. The SMILES string of the molecule is COCCNC(=O)c1cc(C(=O)Nc2ccc3c(c2)OCCO3)ccn1. The molecule has 3 rings (SSSR count). The van der Waals surface area contributed by atoms with E-state index in [0.29, 0.717) is 49.1 Å². The Hall–Kier alpha value is -3.13. The van der Waals surface area contributed by atoms with Gasteiger partial charge in [-0.05, 0) is 24.3 Å². The Morgan fingerprint density at radius 1 is 1.12 bits per heavy atom. The summed E-state index contributed by atoms with van der Waals surface area (Å²) in [4.78, 5) is 28.5. The van der Waals surface area contributed by atoms with Crippen molar-refractivity contribution in [3.63, 3.8) is 0 Å². The van der Waals surface area contributed by atoms with E-state index in [1.807, 2.05) is 0 Å². The average Bonchev–Trinajstić information content (AvgIpc) is 2.68. The maximum atomic E-state index is 12.5. The van der Waals surface area contributed by atoms with Crippen molar-refractivity contribution in [1.29, 1.82) is 0 Å². The van der Waals surface area contributed by atoms with E-state index in [0.717, 1.165) is 0 Å². The molecule has 0 radical (unpaired) electrons. The van der Waals surface area contributed by atoms with Crippen LogP contribution in [0.3, 0.4) is 0 Å². The minimum atomic E-state index is -0.365. The number of nitrogens with zero attached hydrogens (tertiary/aromatic N) is 1. The molecule has 1 aromatic heterocycles. The second-order valence-corrected chi connectivity index (χ2v) is 5.49. The van der Waals surface area contributed by atoms with E-state index < -0.39 is 0 Å². The fourth-order valence-electron chi connectivity index (χ4n) is 2.38. The van der Waals surface area contributed by atoms with Crippen molar-refractivity contribution < 1.29 is 23.8 Å². The molecule has 26 heavy (non-hydrogen) atoms. The Morgan fingerprint density at radius 3 is 2.73 bits per heavy atom. The molecule has 0 spiro atoms. The summed E-state index contributed by atoms with van der Waals surface area (Å²) in [7, 11) is 1.55. The van der Waals surface area contributed by atoms with Crippen molar-refractivity contribution in [2.45, 2.75) is 0 Å². The molecule has 1 aliphatic rings. The number of methoxy groups -OCH3 is 1.